The summed E-state index contributed by atoms with van der Waals surface area (Å²) >= 11 is 5.48. The molecule has 0 fully saturated rings. The highest BCUT2D eigenvalue weighted by molar-refractivity contribution is 6.17. The van der Waals surface area contributed by atoms with Crippen molar-refractivity contribution in [2.24, 2.45) is 0 Å². The molecule has 0 aliphatic carbocycles. The first-order valence-electron chi connectivity index (χ1n) is 3.07. The summed E-state index contributed by atoms with van der Waals surface area (Å²) < 4.78 is 0. The molecule has 0 aromatic carbocycles. The zero-order valence-corrected chi connectivity index (χ0v) is 6.83. The monoisotopic (exact) mass is 144 g/mol. The average molecular weight is 145 g/mol. The highest BCUT2D eigenvalue weighted by Gasteiger charge is 1.86. The standard InChI is InChI=1S/C8H13Cl/c1-7(2)8(3)5-4-6-9/h5H,1,4,6H2,2-3H3/b8-5+. The van der Waals surface area contributed by atoms with Gasteiger partial charge in [0.25, 0.3) is 0 Å². The van der Waals surface area contributed by atoms with Crippen LogP contribution in [-0.2, 0) is 0 Å². The Labute approximate surface area is 62.2 Å². The SMILES string of the molecule is C=C(C)/C(C)=C/CCCl. The van der Waals surface area contributed by atoms with Gasteiger partial charge in [0.1, 0.15) is 0 Å². The van der Waals surface area contributed by atoms with Crippen LogP contribution in [0.1, 0.15) is 20.3 Å². The predicted octanol–water partition coefficient (Wildman–Crippen LogP) is 3.14. The molecule has 9 heavy (non-hydrogen) atoms. The van der Waals surface area contributed by atoms with E-state index in [4.69, 9.17) is 11.6 Å². The minimum Gasteiger partial charge on any atom is -0.126 e. The molecule has 0 aliphatic rings. The molecule has 0 nitrogen and oxygen atoms in total. The van der Waals surface area contributed by atoms with Gasteiger partial charge in [-0.2, -0.15) is 0 Å². The second-order valence-electron chi connectivity index (χ2n) is 2.15. The average Bonchev–Trinajstić information content (AvgIpc) is 1.82. The van der Waals surface area contributed by atoms with E-state index in [9.17, 15) is 0 Å². The van der Waals surface area contributed by atoms with Gasteiger partial charge in [-0.3, -0.25) is 0 Å². The summed E-state index contributed by atoms with van der Waals surface area (Å²) in [5, 5.41) is 0. The summed E-state index contributed by atoms with van der Waals surface area (Å²) in [4.78, 5) is 0. The first kappa shape index (κ1) is 8.77. The summed E-state index contributed by atoms with van der Waals surface area (Å²) in [5.41, 5.74) is 2.37. The van der Waals surface area contributed by atoms with Crippen molar-refractivity contribution >= 4 is 11.6 Å². The molecule has 0 bridgehead atoms. The number of hydrogen-bond donors (Lipinski definition) is 0. The van der Waals surface area contributed by atoms with E-state index in [1.807, 2.05) is 6.92 Å². The van der Waals surface area contributed by atoms with Crippen molar-refractivity contribution < 1.29 is 0 Å². The molecule has 0 atom stereocenters. The predicted molar refractivity (Wildman–Crippen MR) is 43.9 cm³/mol. The van der Waals surface area contributed by atoms with Gasteiger partial charge in [-0.15, -0.1) is 11.6 Å². The highest BCUT2D eigenvalue weighted by atomic mass is 35.5. The van der Waals surface area contributed by atoms with E-state index in [1.165, 1.54) is 5.57 Å². The fourth-order valence-corrected chi connectivity index (χ4v) is 0.554. The number of allylic oxidation sites excluding steroid dienone is 3. The third-order valence-electron chi connectivity index (χ3n) is 1.23. The molecule has 0 aromatic rings. The summed E-state index contributed by atoms with van der Waals surface area (Å²) in [7, 11) is 0. The molecule has 0 spiro atoms. The Morgan fingerprint density at radius 2 is 2.11 bits per heavy atom. The van der Waals surface area contributed by atoms with Crippen molar-refractivity contribution in [1.82, 2.24) is 0 Å². The Kier molecular flexibility index (Phi) is 4.51. The number of alkyl halides is 1. The third kappa shape index (κ3) is 4.28. The molecule has 0 aliphatic heterocycles. The van der Waals surface area contributed by atoms with E-state index in [1.54, 1.807) is 0 Å². The van der Waals surface area contributed by atoms with Crippen molar-refractivity contribution in [2.75, 3.05) is 5.88 Å². The Balaban J connectivity index is 3.69. The van der Waals surface area contributed by atoms with Crippen molar-refractivity contribution in [3.63, 3.8) is 0 Å². The molecule has 0 aromatic heterocycles. The smallest absolute Gasteiger partial charge is 0.0258 e. The molecule has 0 amide bonds. The number of rotatable bonds is 3. The Morgan fingerprint density at radius 3 is 2.44 bits per heavy atom. The summed E-state index contributed by atoms with van der Waals surface area (Å²) in [6.45, 7) is 7.85. The summed E-state index contributed by atoms with van der Waals surface area (Å²) in [6.07, 6.45) is 3.05. The minimum atomic E-state index is 0.699. The van der Waals surface area contributed by atoms with Crippen LogP contribution < -0.4 is 0 Å². The number of halogens is 1. The van der Waals surface area contributed by atoms with Crippen LogP contribution >= 0.6 is 11.6 Å². The van der Waals surface area contributed by atoms with Gasteiger partial charge in [0, 0.05) is 5.88 Å². The first-order chi connectivity index (χ1) is 4.18. The van der Waals surface area contributed by atoms with Crippen LogP contribution in [-0.4, -0.2) is 5.88 Å². The summed E-state index contributed by atoms with van der Waals surface area (Å²) in [5.74, 6) is 0.699. The van der Waals surface area contributed by atoms with E-state index in [-0.39, 0.29) is 0 Å². The molecule has 0 saturated heterocycles. The van der Waals surface area contributed by atoms with Gasteiger partial charge in [0.05, 0.1) is 0 Å². The van der Waals surface area contributed by atoms with Crippen molar-refractivity contribution in [2.45, 2.75) is 20.3 Å². The highest BCUT2D eigenvalue weighted by Crippen LogP contribution is 2.05. The summed E-state index contributed by atoms with van der Waals surface area (Å²) in [6, 6.07) is 0. The van der Waals surface area contributed by atoms with Crippen LogP contribution in [0, 0.1) is 0 Å². The second kappa shape index (κ2) is 4.63. The van der Waals surface area contributed by atoms with Crippen LogP contribution in [0.2, 0.25) is 0 Å². The molecule has 1 heteroatoms. The van der Waals surface area contributed by atoms with Gasteiger partial charge in [0.2, 0.25) is 0 Å². The van der Waals surface area contributed by atoms with Crippen LogP contribution in [0.3, 0.4) is 0 Å². The quantitative estimate of drug-likeness (QED) is 0.422. The molecule has 0 N–H and O–H groups in total. The van der Waals surface area contributed by atoms with Crippen molar-refractivity contribution in [1.29, 1.82) is 0 Å². The molecular formula is C8H13Cl. The van der Waals surface area contributed by atoms with Gasteiger partial charge in [-0.05, 0) is 20.3 Å². The van der Waals surface area contributed by atoms with E-state index < -0.39 is 0 Å². The fraction of sp³-hybridized carbons (Fsp3) is 0.500. The fourth-order valence-electron chi connectivity index (χ4n) is 0.445. The molecule has 0 unspecified atom stereocenters. The van der Waals surface area contributed by atoms with Gasteiger partial charge >= 0.3 is 0 Å². The maximum atomic E-state index is 5.48. The van der Waals surface area contributed by atoms with Crippen LogP contribution in [0.5, 0.6) is 0 Å². The first-order valence-corrected chi connectivity index (χ1v) is 3.60. The molecular weight excluding hydrogens is 132 g/mol. The topological polar surface area (TPSA) is 0 Å². The largest absolute Gasteiger partial charge is 0.126 e. The molecule has 52 valence electrons. The zero-order valence-electron chi connectivity index (χ0n) is 6.08. The molecule has 0 radical (unpaired) electrons. The van der Waals surface area contributed by atoms with Crippen LogP contribution in [0.15, 0.2) is 23.8 Å². The Bertz CT molecular complexity index is 123. The normalized spacial score (nSPS) is 11.7. The lowest BCUT2D eigenvalue weighted by molar-refractivity contribution is 1.19. The van der Waals surface area contributed by atoms with Gasteiger partial charge in [-0.25, -0.2) is 0 Å². The third-order valence-corrected chi connectivity index (χ3v) is 1.45. The Hall–Kier alpha value is -0.230. The van der Waals surface area contributed by atoms with E-state index in [0.29, 0.717) is 5.88 Å². The van der Waals surface area contributed by atoms with Crippen molar-refractivity contribution in [3.05, 3.63) is 23.8 Å². The maximum Gasteiger partial charge on any atom is 0.0258 e. The second-order valence-corrected chi connectivity index (χ2v) is 2.52. The van der Waals surface area contributed by atoms with Crippen LogP contribution in [0.25, 0.3) is 0 Å². The Morgan fingerprint density at radius 1 is 1.56 bits per heavy atom. The molecule has 0 rings (SSSR count). The number of hydrogen-bond acceptors (Lipinski definition) is 0. The van der Waals surface area contributed by atoms with Gasteiger partial charge in [-0.1, -0.05) is 23.8 Å². The van der Waals surface area contributed by atoms with Gasteiger partial charge < -0.3 is 0 Å². The zero-order chi connectivity index (χ0) is 7.28. The van der Waals surface area contributed by atoms with Crippen molar-refractivity contribution in [3.8, 4) is 0 Å². The lowest BCUT2D eigenvalue weighted by Gasteiger charge is -1.95. The molecule has 0 saturated carbocycles. The lowest BCUT2D eigenvalue weighted by Crippen LogP contribution is -1.77. The lowest BCUT2D eigenvalue weighted by atomic mass is 10.1. The van der Waals surface area contributed by atoms with Gasteiger partial charge in [0.15, 0.2) is 0 Å². The maximum absolute atomic E-state index is 5.48. The van der Waals surface area contributed by atoms with E-state index in [2.05, 4.69) is 19.6 Å². The minimum absolute atomic E-state index is 0.699. The van der Waals surface area contributed by atoms with Crippen LogP contribution in [0.4, 0.5) is 0 Å². The van der Waals surface area contributed by atoms with E-state index in [0.717, 1.165) is 12.0 Å². The van der Waals surface area contributed by atoms with E-state index >= 15 is 0 Å². The molecule has 0 heterocycles.